The van der Waals surface area contributed by atoms with Gasteiger partial charge in [0.1, 0.15) is 5.58 Å². The van der Waals surface area contributed by atoms with Gasteiger partial charge >= 0.3 is 0 Å². The van der Waals surface area contributed by atoms with Gasteiger partial charge in [-0.2, -0.15) is 0 Å². The van der Waals surface area contributed by atoms with Crippen molar-refractivity contribution in [3.63, 3.8) is 0 Å². The van der Waals surface area contributed by atoms with Crippen molar-refractivity contribution in [2.45, 2.75) is 52.9 Å². The van der Waals surface area contributed by atoms with Crippen molar-refractivity contribution in [3.05, 3.63) is 36.1 Å². The zero-order valence-corrected chi connectivity index (χ0v) is 12.5. The summed E-state index contributed by atoms with van der Waals surface area (Å²) in [7, 11) is 0. The van der Waals surface area contributed by atoms with Gasteiger partial charge in [-0.3, -0.25) is 0 Å². The highest BCUT2D eigenvalue weighted by molar-refractivity contribution is 5.77. The van der Waals surface area contributed by atoms with Crippen molar-refractivity contribution >= 4 is 11.0 Å². The van der Waals surface area contributed by atoms with Crippen LogP contribution in [0.1, 0.15) is 52.0 Å². The number of benzene rings is 1. The Kier molecular flexibility index (Phi) is 5.07. The van der Waals surface area contributed by atoms with Crippen LogP contribution in [0.2, 0.25) is 0 Å². The molecule has 19 heavy (non-hydrogen) atoms. The SMILES string of the molecule is CC(C)CCCC(C)CCc1ccc2ccoc2c1. The molecule has 2 rings (SSSR count). The number of fused-ring (bicyclic) bond motifs is 1. The van der Waals surface area contributed by atoms with Gasteiger partial charge in [-0.1, -0.05) is 52.2 Å². The quantitative estimate of drug-likeness (QED) is 0.609. The largest absolute Gasteiger partial charge is 0.464 e. The van der Waals surface area contributed by atoms with Crippen molar-refractivity contribution in [3.8, 4) is 0 Å². The Balaban J connectivity index is 1.77. The van der Waals surface area contributed by atoms with E-state index in [2.05, 4.69) is 39.0 Å². The van der Waals surface area contributed by atoms with Crippen LogP contribution in [-0.4, -0.2) is 0 Å². The molecule has 0 radical (unpaired) electrons. The normalized spacial score (nSPS) is 13.3. The number of hydrogen-bond acceptors (Lipinski definition) is 1. The van der Waals surface area contributed by atoms with Gasteiger partial charge in [0.2, 0.25) is 0 Å². The van der Waals surface area contributed by atoms with Crippen LogP contribution in [0.3, 0.4) is 0 Å². The number of rotatable bonds is 7. The van der Waals surface area contributed by atoms with E-state index >= 15 is 0 Å². The van der Waals surface area contributed by atoms with Gasteiger partial charge in [0.15, 0.2) is 0 Å². The van der Waals surface area contributed by atoms with Crippen LogP contribution in [0, 0.1) is 11.8 Å². The highest BCUT2D eigenvalue weighted by Crippen LogP contribution is 2.21. The van der Waals surface area contributed by atoms with Gasteiger partial charge in [0.05, 0.1) is 6.26 Å². The maximum atomic E-state index is 5.46. The molecule has 0 saturated heterocycles. The molecular weight excluding hydrogens is 232 g/mol. The Bertz CT molecular complexity index is 495. The lowest BCUT2D eigenvalue weighted by Crippen LogP contribution is -1.99. The lowest BCUT2D eigenvalue weighted by Gasteiger charge is -2.12. The highest BCUT2D eigenvalue weighted by atomic mass is 16.3. The minimum Gasteiger partial charge on any atom is -0.464 e. The van der Waals surface area contributed by atoms with E-state index in [1.807, 2.05) is 6.07 Å². The van der Waals surface area contributed by atoms with Gasteiger partial charge < -0.3 is 4.42 Å². The smallest absolute Gasteiger partial charge is 0.134 e. The molecule has 0 aliphatic carbocycles. The molecule has 0 N–H and O–H groups in total. The first-order chi connectivity index (χ1) is 9.15. The summed E-state index contributed by atoms with van der Waals surface area (Å²) in [5.74, 6) is 1.67. The minimum atomic E-state index is 0.825. The number of hydrogen-bond donors (Lipinski definition) is 0. The lowest BCUT2D eigenvalue weighted by molar-refractivity contribution is 0.437. The maximum Gasteiger partial charge on any atom is 0.134 e. The first kappa shape index (κ1) is 14.2. The van der Waals surface area contributed by atoms with E-state index in [-0.39, 0.29) is 0 Å². The van der Waals surface area contributed by atoms with E-state index < -0.39 is 0 Å². The molecular formula is C18H26O. The van der Waals surface area contributed by atoms with E-state index in [1.165, 1.54) is 43.1 Å². The fourth-order valence-electron chi connectivity index (χ4n) is 2.59. The topological polar surface area (TPSA) is 13.1 Å². The Labute approximate surface area is 117 Å². The summed E-state index contributed by atoms with van der Waals surface area (Å²) in [6.45, 7) is 7.00. The molecule has 0 aliphatic heterocycles. The summed E-state index contributed by atoms with van der Waals surface area (Å²) in [4.78, 5) is 0. The average molecular weight is 258 g/mol. The second-order valence-corrected chi connectivity index (χ2v) is 6.26. The summed E-state index contributed by atoms with van der Waals surface area (Å²) in [5, 5.41) is 1.20. The predicted octanol–water partition coefficient (Wildman–Crippen LogP) is 5.83. The second-order valence-electron chi connectivity index (χ2n) is 6.26. The molecule has 1 nitrogen and oxygen atoms in total. The van der Waals surface area contributed by atoms with Crippen molar-refractivity contribution in [1.29, 1.82) is 0 Å². The van der Waals surface area contributed by atoms with E-state index in [0.29, 0.717) is 0 Å². The Hall–Kier alpha value is -1.24. The fourth-order valence-corrected chi connectivity index (χ4v) is 2.59. The van der Waals surface area contributed by atoms with E-state index in [4.69, 9.17) is 4.42 Å². The molecule has 2 aromatic rings. The third-order valence-electron chi connectivity index (χ3n) is 3.92. The molecule has 0 bridgehead atoms. The van der Waals surface area contributed by atoms with Crippen LogP contribution in [0.15, 0.2) is 34.9 Å². The third-order valence-corrected chi connectivity index (χ3v) is 3.92. The zero-order valence-electron chi connectivity index (χ0n) is 12.5. The van der Waals surface area contributed by atoms with Gasteiger partial charge in [-0.15, -0.1) is 0 Å². The molecule has 0 amide bonds. The van der Waals surface area contributed by atoms with Crippen LogP contribution in [0.4, 0.5) is 0 Å². The average Bonchev–Trinajstić information content (AvgIpc) is 2.83. The summed E-state index contributed by atoms with van der Waals surface area (Å²) in [5.41, 5.74) is 2.42. The zero-order chi connectivity index (χ0) is 13.7. The van der Waals surface area contributed by atoms with Crippen molar-refractivity contribution in [2.24, 2.45) is 11.8 Å². The molecule has 1 unspecified atom stereocenters. The first-order valence-corrected chi connectivity index (χ1v) is 7.61. The summed E-state index contributed by atoms with van der Waals surface area (Å²) < 4.78 is 5.46. The van der Waals surface area contributed by atoms with Gasteiger partial charge in [-0.05, 0) is 42.4 Å². The first-order valence-electron chi connectivity index (χ1n) is 7.61. The van der Waals surface area contributed by atoms with Crippen molar-refractivity contribution in [1.82, 2.24) is 0 Å². The van der Waals surface area contributed by atoms with Gasteiger partial charge in [-0.25, -0.2) is 0 Å². The van der Waals surface area contributed by atoms with Crippen LogP contribution in [-0.2, 0) is 6.42 Å². The van der Waals surface area contributed by atoms with Gasteiger partial charge in [0.25, 0.3) is 0 Å². The van der Waals surface area contributed by atoms with E-state index in [9.17, 15) is 0 Å². The molecule has 0 saturated carbocycles. The number of furan rings is 1. The van der Waals surface area contributed by atoms with Crippen molar-refractivity contribution < 1.29 is 4.42 Å². The van der Waals surface area contributed by atoms with E-state index in [1.54, 1.807) is 6.26 Å². The molecule has 0 aliphatic rings. The third kappa shape index (κ3) is 4.41. The molecule has 1 atom stereocenters. The van der Waals surface area contributed by atoms with Crippen LogP contribution >= 0.6 is 0 Å². The fraction of sp³-hybridized carbons (Fsp3) is 0.556. The van der Waals surface area contributed by atoms with Crippen LogP contribution < -0.4 is 0 Å². The predicted molar refractivity (Wildman–Crippen MR) is 82.4 cm³/mol. The Morgan fingerprint density at radius 3 is 2.63 bits per heavy atom. The molecule has 1 aromatic heterocycles. The summed E-state index contributed by atoms with van der Waals surface area (Å²) in [6, 6.07) is 8.61. The minimum absolute atomic E-state index is 0.825. The second kappa shape index (κ2) is 6.79. The molecule has 1 heteroatoms. The summed E-state index contributed by atoms with van der Waals surface area (Å²) in [6.07, 6.45) is 8.31. The van der Waals surface area contributed by atoms with Crippen molar-refractivity contribution in [2.75, 3.05) is 0 Å². The van der Waals surface area contributed by atoms with Crippen LogP contribution in [0.25, 0.3) is 11.0 Å². The van der Waals surface area contributed by atoms with E-state index in [0.717, 1.165) is 17.4 Å². The molecule has 0 fully saturated rings. The molecule has 0 spiro atoms. The lowest BCUT2D eigenvalue weighted by atomic mass is 9.94. The van der Waals surface area contributed by atoms with Gasteiger partial charge in [0, 0.05) is 5.39 Å². The molecule has 104 valence electrons. The summed E-state index contributed by atoms with van der Waals surface area (Å²) >= 11 is 0. The Morgan fingerprint density at radius 2 is 1.84 bits per heavy atom. The van der Waals surface area contributed by atoms with Crippen LogP contribution in [0.5, 0.6) is 0 Å². The number of aryl methyl sites for hydroxylation is 1. The molecule has 1 aromatic carbocycles. The molecule has 1 heterocycles. The Morgan fingerprint density at radius 1 is 1.00 bits per heavy atom. The maximum absolute atomic E-state index is 5.46. The highest BCUT2D eigenvalue weighted by Gasteiger charge is 2.05. The standard InChI is InChI=1S/C18H26O/c1-14(2)5-4-6-15(3)7-8-16-9-10-17-11-12-19-18(17)13-16/h9-15H,4-8H2,1-3H3. The monoisotopic (exact) mass is 258 g/mol.